The molecule has 2 atom stereocenters. The third kappa shape index (κ3) is 4.72. The molecule has 26 heavy (non-hydrogen) atoms. The van der Waals surface area contributed by atoms with Gasteiger partial charge in [0.1, 0.15) is 5.82 Å². The van der Waals surface area contributed by atoms with Crippen molar-refractivity contribution in [2.75, 3.05) is 37.6 Å². The lowest BCUT2D eigenvalue weighted by molar-refractivity contribution is -0.131. The number of piperazine rings is 1. The van der Waals surface area contributed by atoms with Gasteiger partial charge in [0.15, 0.2) is 0 Å². The lowest BCUT2D eigenvalue weighted by Gasteiger charge is -2.36. The van der Waals surface area contributed by atoms with Gasteiger partial charge in [-0.3, -0.25) is 9.59 Å². The fourth-order valence-electron chi connectivity index (χ4n) is 3.72. The van der Waals surface area contributed by atoms with Crippen molar-refractivity contribution in [1.82, 2.24) is 10.2 Å². The summed E-state index contributed by atoms with van der Waals surface area (Å²) in [6.07, 6.45) is 2.80. The van der Waals surface area contributed by atoms with Gasteiger partial charge in [-0.05, 0) is 43.5 Å². The lowest BCUT2D eigenvalue weighted by atomic mass is 10.1. The maximum atomic E-state index is 13.0. The average molecular weight is 362 g/mol. The fourth-order valence-corrected chi connectivity index (χ4v) is 3.72. The number of halogens is 1. The third-order valence-electron chi connectivity index (χ3n) is 5.31. The molecule has 6 nitrogen and oxygen atoms in total. The molecule has 1 aliphatic carbocycles. The Morgan fingerprint density at radius 1 is 1.12 bits per heavy atom. The standard InChI is InChI=1S/C19H27FN4O2/c20-15-2-5-17(6-3-15)23-9-11-24(12-10-23)18(25)7-8-22-19(26)14-1-4-16(21)13-14/h2-3,5-6,14,16H,1,4,7-13,21H2,(H,22,26). The molecule has 0 spiro atoms. The van der Waals surface area contributed by atoms with Crippen LogP contribution in [0.4, 0.5) is 10.1 Å². The number of carbonyl (C=O) groups excluding carboxylic acids is 2. The summed E-state index contributed by atoms with van der Waals surface area (Å²) in [5.41, 5.74) is 6.81. The second kappa shape index (κ2) is 8.49. The average Bonchev–Trinajstić information content (AvgIpc) is 3.09. The van der Waals surface area contributed by atoms with Crippen molar-refractivity contribution in [2.45, 2.75) is 31.7 Å². The van der Waals surface area contributed by atoms with Gasteiger partial charge in [0.05, 0.1) is 0 Å². The van der Waals surface area contributed by atoms with Crippen LogP contribution in [0.15, 0.2) is 24.3 Å². The monoisotopic (exact) mass is 362 g/mol. The van der Waals surface area contributed by atoms with Gasteiger partial charge in [0.25, 0.3) is 0 Å². The highest BCUT2D eigenvalue weighted by Crippen LogP contribution is 2.24. The van der Waals surface area contributed by atoms with Crippen LogP contribution in [-0.4, -0.2) is 55.5 Å². The van der Waals surface area contributed by atoms with Gasteiger partial charge < -0.3 is 20.9 Å². The molecule has 0 aromatic heterocycles. The summed E-state index contributed by atoms with van der Waals surface area (Å²) >= 11 is 0. The Balaban J connectivity index is 1.37. The molecule has 3 rings (SSSR count). The molecule has 2 amide bonds. The second-order valence-electron chi connectivity index (χ2n) is 7.16. The highest BCUT2D eigenvalue weighted by Gasteiger charge is 2.27. The van der Waals surface area contributed by atoms with Crippen LogP contribution in [0.5, 0.6) is 0 Å². The molecule has 142 valence electrons. The summed E-state index contributed by atoms with van der Waals surface area (Å²) in [6, 6.07) is 6.55. The second-order valence-corrected chi connectivity index (χ2v) is 7.16. The van der Waals surface area contributed by atoms with E-state index in [2.05, 4.69) is 10.2 Å². The number of rotatable bonds is 5. The molecule has 1 heterocycles. The van der Waals surface area contributed by atoms with E-state index in [-0.39, 0.29) is 29.6 Å². The Morgan fingerprint density at radius 3 is 2.42 bits per heavy atom. The van der Waals surface area contributed by atoms with Crippen molar-refractivity contribution in [2.24, 2.45) is 11.7 Å². The number of nitrogens with two attached hydrogens (primary N) is 1. The quantitative estimate of drug-likeness (QED) is 0.822. The van der Waals surface area contributed by atoms with E-state index < -0.39 is 0 Å². The van der Waals surface area contributed by atoms with Crippen molar-refractivity contribution in [1.29, 1.82) is 0 Å². The third-order valence-corrected chi connectivity index (χ3v) is 5.31. The van der Waals surface area contributed by atoms with Gasteiger partial charge in [0, 0.05) is 56.8 Å². The first kappa shape index (κ1) is 18.6. The summed E-state index contributed by atoms with van der Waals surface area (Å²) in [5, 5.41) is 2.87. The van der Waals surface area contributed by atoms with Crippen LogP contribution in [0.25, 0.3) is 0 Å². The number of hydrogen-bond donors (Lipinski definition) is 2. The molecular weight excluding hydrogens is 335 g/mol. The van der Waals surface area contributed by atoms with Crippen molar-refractivity contribution in [3.63, 3.8) is 0 Å². The molecule has 2 fully saturated rings. The molecule has 0 bridgehead atoms. The number of hydrogen-bond acceptors (Lipinski definition) is 4. The maximum absolute atomic E-state index is 13.0. The van der Waals surface area contributed by atoms with Crippen LogP contribution < -0.4 is 16.0 Å². The molecule has 7 heteroatoms. The molecule has 3 N–H and O–H groups in total. The lowest BCUT2D eigenvalue weighted by Crippen LogP contribution is -2.49. The van der Waals surface area contributed by atoms with Crippen LogP contribution in [0.2, 0.25) is 0 Å². The van der Waals surface area contributed by atoms with E-state index in [1.54, 1.807) is 12.1 Å². The van der Waals surface area contributed by atoms with E-state index in [1.165, 1.54) is 12.1 Å². The first-order valence-electron chi connectivity index (χ1n) is 9.34. The number of anilines is 1. The topological polar surface area (TPSA) is 78.7 Å². The van der Waals surface area contributed by atoms with E-state index in [4.69, 9.17) is 5.73 Å². The van der Waals surface area contributed by atoms with Gasteiger partial charge in [-0.15, -0.1) is 0 Å². The molecule has 1 aliphatic heterocycles. The highest BCUT2D eigenvalue weighted by molar-refractivity contribution is 5.81. The Hall–Kier alpha value is -2.15. The minimum absolute atomic E-state index is 0.000596. The zero-order valence-corrected chi connectivity index (χ0v) is 15.0. The first-order valence-corrected chi connectivity index (χ1v) is 9.34. The normalized spacial score (nSPS) is 23.2. The molecule has 0 radical (unpaired) electrons. The molecule has 1 aromatic carbocycles. The first-order chi connectivity index (χ1) is 12.5. The van der Waals surface area contributed by atoms with E-state index in [9.17, 15) is 14.0 Å². The summed E-state index contributed by atoms with van der Waals surface area (Å²) in [6.45, 7) is 3.11. The summed E-state index contributed by atoms with van der Waals surface area (Å²) < 4.78 is 13.0. The van der Waals surface area contributed by atoms with E-state index >= 15 is 0 Å². The zero-order chi connectivity index (χ0) is 18.5. The predicted octanol–water partition coefficient (Wildman–Crippen LogP) is 1.11. The summed E-state index contributed by atoms with van der Waals surface area (Å²) in [4.78, 5) is 28.4. The Labute approximate surface area is 153 Å². The van der Waals surface area contributed by atoms with Crippen molar-refractivity contribution >= 4 is 17.5 Å². The van der Waals surface area contributed by atoms with Crippen molar-refractivity contribution < 1.29 is 14.0 Å². The minimum Gasteiger partial charge on any atom is -0.368 e. The SMILES string of the molecule is NC1CCC(C(=O)NCCC(=O)N2CCN(c3ccc(F)cc3)CC2)C1. The van der Waals surface area contributed by atoms with Crippen LogP contribution in [0.3, 0.4) is 0 Å². The van der Waals surface area contributed by atoms with Gasteiger partial charge in [-0.1, -0.05) is 0 Å². The van der Waals surface area contributed by atoms with Gasteiger partial charge in [-0.25, -0.2) is 4.39 Å². The number of nitrogens with one attached hydrogen (secondary N) is 1. The van der Waals surface area contributed by atoms with Crippen molar-refractivity contribution in [3.8, 4) is 0 Å². The Morgan fingerprint density at radius 2 is 1.81 bits per heavy atom. The highest BCUT2D eigenvalue weighted by atomic mass is 19.1. The Bertz CT molecular complexity index is 629. The fraction of sp³-hybridized carbons (Fsp3) is 0.579. The van der Waals surface area contributed by atoms with E-state index in [0.717, 1.165) is 38.0 Å². The number of amides is 2. The molecule has 2 unspecified atom stereocenters. The van der Waals surface area contributed by atoms with Gasteiger partial charge in [-0.2, -0.15) is 0 Å². The summed E-state index contributed by atoms with van der Waals surface area (Å²) in [5.74, 6) is -0.164. The smallest absolute Gasteiger partial charge is 0.224 e. The molecule has 1 saturated carbocycles. The maximum Gasteiger partial charge on any atom is 0.224 e. The zero-order valence-electron chi connectivity index (χ0n) is 15.0. The van der Waals surface area contributed by atoms with Crippen LogP contribution in [0, 0.1) is 11.7 Å². The number of carbonyl (C=O) groups is 2. The van der Waals surface area contributed by atoms with Crippen molar-refractivity contribution in [3.05, 3.63) is 30.1 Å². The number of benzene rings is 1. The van der Waals surface area contributed by atoms with Crippen LogP contribution in [0.1, 0.15) is 25.7 Å². The minimum atomic E-state index is -0.246. The number of nitrogens with zero attached hydrogens (tertiary/aromatic N) is 2. The van der Waals surface area contributed by atoms with Crippen LogP contribution in [-0.2, 0) is 9.59 Å². The van der Waals surface area contributed by atoms with E-state index in [0.29, 0.717) is 26.1 Å². The van der Waals surface area contributed by atoms with Crippen LogP contribution >= 0.6 is 0 Å². The van der Waals surface area contributed by atoms with Gasteiger partial charge >= 0.3 is 0 Å². The summed E-state index contributed by atoms with van der Waals surface area (Å²) in [7, 11) is 0. The van der Waals surface area contributed by atoms with E-state index in [1.807, 2.05) is 4.90 Å². The molecule has 1 aromatic rings. The Kier molecular flexibility index (Phi) is 6.08. The predicted molar refractivity (Wildman–Crippen MR) is 98.1 cm³/mol. The molecule has 1 saturated heterocycles. The van der Waals surface area contributed by atoms with Gasteiger partial charge in [0.2, 0.25) is 11.8 Å². The molecular formula is C19H27FN4O2. The molecule has 2 aliphatic rings. The largest absolute Gasteiger partial charge is 0.368 e.